The van der Waals surface area contributed by atoms with Gasteiger partial charge in [-0.15, -0.1) is 0 Å². The SMILES string of the molecule is COCCOC(=O)C1=C(C)Nc2ncnn2C1c1cccc(Br)c1. The molecule has 7 nitrogen and oxygen atoms in total. The number of ether oxygens (including phenoxy) is 2. The highest BCUT2D eigenvalue weighted by molar-refractivity contribution is 9.10. The Kier molecular flexibility index (Phi) is 4.96. The smallest absolute Gasteiger partial charge is 0.338 e. The van der Waals surface area contributed by atoms with Crippen LogP contribution in [0.15, 0.2) is 46.3 Å². The van der Waals surface area contributed by atoms with E-state index in [9.17, 15) is 4.79 Å². The van der Waals surface area contributed by atoms with Crippen molar-refractivity contribution >= 4 is 27.8 Å². The molecule has 1 unspecified atom stereocenters. The summed E-state index contributed by atoms with van der Waals surface area (Å²) in [6, 6.07) is 7.34. The molecule has 2 aromatic rings. The van der Waals surface area contributed by atoms with Gasteiger partial charge in [0.15, 0.2) is 0 Å². The number of rotatable bonds is 5. The molecule has 0 amide bonds. The van der Waals surface area contributed by atoms with Crippen molar-refractivity contribution in [2.45, 2.75) is 13.0 Å². The number of carbonyl (C=O) groups excluding carboxylic acids is 1. The topological polar surface area (TPSA) is 78.3 Å². The highest BCUT2D eigenvalue weighted by Gasteiger charge is 2.34. The minimum atomic E-state index is -0.406. The maximum absolute atomic E-state index is 12.6. The van der Waals surface area contributed by atoms with Gasteiger partial charge in [0.05, 0.1) is 12.2 Å². The van der Waals surface area contributed by atoms with Crippen LogP contribution in [0.4, 0.5) is 5.95 Å². The van der Waals surface area contributed by atoms with Crippen molar-refractivity contribution in [3.05, 3.63) is 51.9 Å². The molecule has 1 aromatic heterocycles. The number of nitrogens with one attached hydrogen (secondary N) is 1. The third kappa shape index (κ3) is 3.20. The lowest BCUT2D eigenvalue weighted by molar-refractivity contribution is -0.140. The molecule has 1 N–H and O–H groups in total. The van der Waals surface area contributed by atoms with Crippen LogP contribution in [0.1, 0.15) is 18.5 Å². The largest absolute Gasteiger partial charge is 0.460 e. The van der Waals surface area contributed by atoms with Crippen LogP contribution in [0, 0.1) is 0 Å². The Bertz CT molecular complexity index is 787. The Hall–Kier alpha value is -2.19. The average molecular weight is 393 g/mol. The van der Waals surface area contributed by atoms with Gasteiger partial charge < -0.3 is 14.8 Å². The van der Waals surface area contributed by atoms with Crippen LogP contribution >= 0.6 is 15.9 Å². The summed E-state index contributed by atoms with van der Waals surface area (Å²) in [6.45, 7) is 2.37. The maximum atomic E-state index is 12.6. The van der Waals surface area contributed by atoms with Crippen LogP contribution in [-0.4, -0.2) is 41.1 Å². The molecule has 0 saturated heterocycles. The molecule has 126 valence electrons. The number of methoxy groups -OCH3 is 1. The number of allylic oxidation sites excluding steroid dienone is 1. The molecule has 0 bridgehead atoms. The molecular weight excluding hydrogens is 376 g/mol. The van der Waals surface area contributed by atoms with E-state index in [0.717, 1.165) is 10.0 Å². The molecule has 0 saturated carbocycles. The first-order valence-corrected chi connectivity index (χ1v) is 8.20. The lowest BCUT2D eigenvalue weighted by atomic mass is 9.96. The molecular formula is C16H17BrN4O3. The van der Waals surface area contributed by atoms with Crippen LogP contribution in [0.3, 0.4) is 0 Å². The Morgan fingerprint density at radius 3 is 3.00 bits per heavy atom. The predicted octanol–water partition coefficient (Wildman–Crippen LogP) is 2.52. The lowest BCUT2D eigenvalue weighted by Gasteiger charge is -2.28. The van der Waals surface area contributed by atoms with Crippen LogP contribution in [0.5, 0.6) is 0 Å². The first kappa shape index (κ1) is 16.7. The second-order valence-corrected chi connectivity index (χ2v) is 6.19. The van der Waals surface area contributed by atoms with E-state index in [-0.39, 0.29) is 6.61 Å². The zero-order valence-corrected chi connectivity index (χ0v) is 14.9. The zero-order valence-electron chi connectivity index (χ0n) is 13.3. The maximum Gasteiger partial charge on any atom is 0.338 e. The standard InChI is InChI=1S/C16H17BrN4O3/c1-10-13(15(22)24-7-6-23-2)14(11-4-3-5-12(17)8-11)21-16(20-10)18-9-19-21/h3-5,8-9,14H,6-7H2,1-2H3,(H,18,19,20). The molecule has 0 fully saturated rings. The Morgan fingerprint density at radius 2 is 2.25 bits per heavy atom. The van der Waals surface area contributed by atoms with Gasteiger partial charge in [-0.05, 0) is 24.6 Å². The summed E-state index contributed by atoms with van der Waals surface area (Å²) in [6.07, 6.45) is 1.46. The van der Waals surface area contributed by atoms with Crippen molar-refractivity contribution < 1.29 is 14.3 Å². The summed E-state index contributed by atoms with van der Waals surface area (Å²) in [5, 5.41) is 7.37. The first-order valence-electron chi connectivity index (χ1n) is 7.40. The number of halogens is 1. The minimum absolute atomic E-state index is 0.196. The van der Waals surface area contributed by atoms with Gasteiger partial charge in [-0.25, -0.2) is 9.48 Å². The fourth-order valence-corrected chi connectivity index (χ4v) is 3.05. The first-order chi connectivity index (χ1) is 11.6. The number of fused-ring (bicyclic) bond motifs is 1. The molecule has 1 aliphatic heterocycles. The number of nitrogens with zero attached hydrogens (tertiary/aromatic N) is 3. The molecule has 0 aliphatic carbocycles. The Balaban J connectivity index is 2.02. The van der Waals surface area contributed by atoms with E-state index in [1.54, 1.807) is 11.8 Å². The van der Waals surface area contributed by atoms with Gasteiger partial charge >= 0.3 is 5.97 Å². The Morgan fingerprint density at radius 1 is 1.42 bits per heavy atom. The van der Waals surface area contributed by atoms with Crippen LogP contribution in [0.25, 0.3) is 0 Å². The van der Waals surface area contributed by atoms with Gasteiger partial charge in [0.2, 0.25) is 5.95 Å². The summed E-state index contributed by atoms with van der Waals surface area (Å²) in [5.41, 5.74) is 2.11. The van der Waals surface area contributed by atoms with E-state index in [0.29, 0.717) is 23.8 Å². The van der Waals surface area contributed by atoms with Gasteiger partial charge in [0, 0.05) is 17.3 Å². The van der Waals surface area contributed by atoms with E-state index >= 15 is 0 Å². The van der Waals surface area contributed by atoms with E-state index < -0.39 is 12.0 Å². The molecule has 8 heteroatoms. The van der Waals surface area contributed by atoms with Crippen molar-refractivity contribution in [3.8, 4) is 0 Å². The molecule has 2 heterocycles. The molecule has 0 radical (unpaired) electrons. The third-order valence-corrected chi connectivity index (χ3v) is 4.19. The number of hydrogen-bond donors (Lipinski definition) is 1. The van der Waals surface area contributed by atoms with E-state index in [1.807, 2.05) is 31.2 Å². The number of carbonyl (C=O) groups is 1. The second kappa shape index (κ2) is 7.14. The monoisotopic (exact) mass is 392 g/mol. The highest BCUT2D eigenvalue weighted by Crippen LogP contribution is 2.35. The van der Waals surface area contributed by atoms with E-state index in [2.05, 4.69) is 31.3 Å². The predicted molar refractivity (Wildman–Crippen MR) is 91.5 cm³/mol. The molecule has 1 atom stereocenters. The summed E-state index contributed by atoms with van der Waals surface area (Å²) in [4.78, 5) is 16.8. The van der Waals surface area contributed by atoms with Crippen molar-refractivity contribution in [1.82, 2.24) is 14.8 Å². The van der Waals surface area contributed by atoms with E-state index in [1.165, 1.54) is 6.33 Å². The van der Waals surface area contributed by atoms with Gasteiger partial charge in [0.1, 0.15) is 19.0 Å². The quantitative estimate of drug-likeness (QED) is 0.622. The van der Waals surface area contributed by atoms with Crippen molar-refractivity contribution in [1.29, 1.82) is 0 Å². The van der Waals surface area contributed by atoms with Crippen LogP contribution in [0.2, 0.25) is 0 Å². The lowest BCUT2D eigenvalue weighted by Crippen LogP contribution is -2.30. The molecule has 1 aliphatic rings. The average Bonchev–Trinajstić information content (AvgIpc) is 3.01. The minimum Gasteiger partial charge on any atom is -0.460 e. The molecule has 1 aromatic carbocycles. The highest BCUT2D eigenvalue weighted by atomic mass is 79.9. The van der Waals surface area contributed by atoms with Gasteiger partial charge in [-0.1, -0.05) is 28.1 Å². The van der Waals surface area contributed by atoms with Gasteiger partial charge in [0.25, 0.3) is 0 Å². The fraction of sp³-hybridized carbons (Fsp3) is 0.312. The Labute approximate surface area is 147 Å². The summed E-state index contributed by atoms with van der Waals surface area (Å²) in [5.74, 6) is 0.189. The molecule has 3 rings (SSSR count). The number of hydrogen-bond acceptors (Lipinski definition) is 6. The number of anilines is 1. The number of benzene rings is 1. The van der Waals surface area contributed by atoms with Gasteiger partial charge in [-0.2, -0.15) is 10.1 Å². The summed E-state index contributed by atoms with van der Waals surface area (Å²) in [7, 11) is 1.56. The third-order valence-electron chi connectivity index (χ3n) is 3.70. The molecule has 0 spiro atoms. The number of esters is 1. The van der Waals surface area contributed by atoms with Crippen molar-refractivity contribution in [3.63, 3.8) is 0 Å². The van der Waals surface area contributed by atoms with Crippen molar-refractivity contribution in [2.24, 2.45) is 0 Å². The van der Waals surface area contributed by atoms with Crippen molar-refractivity contribution in [2.75, 3.05) is 25.6 Å². The second-order valence-electron chi connectivity index (χ2n) is 5.28. The van der Waals surface area contributed by atoms with Crippen LogP contribution < -0.4 is 5.32 Å². The zero-order chi connectivity index (χ0) is 17.1. The fourth-order valence-electron chi connectivity index (χ4n) is 2.64. The summed E-state index contributed by atoms with van der Waals surface area (Å²) < 4.78 is 12.9. The molecule has 24 heavy (non-hydrogen) atoms. The van der Waals surface area contributed by atoms with Crippen LogP contribution in [-0.2, 0) is 14.3 Å². The normalized spacial score (nSPS) is 16.5. The van der Waals surface area contributed by atoms with E-state index in [4.69, 9.17) is 9.47 Å². The van der Waals surface area contributed by atoms with Gasteiger partial charge in [-0.3, -0.25) is 0 Å². The number of aromatic nitrogens is 3. The summed E-state index contributed by atoms with van der Waals surface area (Å²) >= 11 is 3.47.